The van der Waals surface area contributed by atoms with E-state index in [2.05, 4.69) is 9.97 Å². The molecule has 0 atom stereocenters. The van der Waals surface area contributed by atoms with Crippen molar-refractivity contribution in [2.45, 2.75) is 0 Å². The van der Waals surface area contributed by atoms with Gasteiger partial charge in [-0.25, -0.2) is 18.7 Å². The molecule has 0 radical (unpaired) electrons. The molecule has 1 aromatic heterocycles. The summed E-state index contributed by atoms with van der Waals surface area (Å²) in [6.07, 6.45) is 0. The second kappa shape index (κ2) is 5.81. The average molecular weight is 308 g/mol. The Hall–Kier alpha value is -3.33. The van der Waals surface area contributed by atoms with E-state index in [0.717, 1.165) is 12.1 Å². The molecule has 0 aliphatic rings. The molecule has 0 aliphatic heterocycles. The van der Waals surface area contributed by atoms with Gasteiger partial charge in [0.2, 0.25) is 5.95 Å². The Morgan fingerprint density at radius 1 is 0.957 bits per heavy atom. The second-order valence-corrected chi connectivity index (χ2v) is 4.76. The number of nitrogen functional groups attached to an aromatic ring is 1. The van der Waals surface area contributed by atoms with E-state index in [0.29, 0.717) is 11.3 Å². The van der Waals surface area contributed by atoms with Crippen molar-refractivity contribution in [3.05, 3.63) is 65.7 Å². The summed E-state index contributed by atoms with van der Waals surface area (Å²) in [5.74, 6) is -1.63. The minimum atomic E-state index is -0.821. The first-order valence-electron chi connectivity index (χ1n) is 6.68. The quantitative estimate of drug-likeness (QED) is 0.785. The molecule has 3 aromatic rings. The van der Waals surface area contributed by atoms with Crippen LogP contribution in [0.4, 0.5) is 14.7 Å². The van der Waals surface area contributed by atoms with E-state index in [-0.39, 0.29) is 22.8 Å². The number of nitrogens with two attached hydrogens (primary N) is 1. The third kappa shape index (κ3) is 2.72. The van der Waals surface area contributed by atoms with Crippen LogP contribution < -0.4 is 5.73 Å². The highest BCUT2D eigenvalue weighted by Crippen LogP contribution is 2.31. The van der Waals surface area contributed by atoms with Crippen molar-refractivity contribution in [1.82, 2.24) is 9.97 Å². The van der Waals surface area contributed by atoms with Crippen LogP contribution in [0.5, 0.6) is 0 Å². The van der Waals surface area contributed by atoms with E-state index in [1.807, 2.05) is 12.1 Å². The summed E-state index contributed by atoms with van der Waals surface area (Å²) in [7, 11) is 0. The number of aromatic nitrogens is 2. The maximum absolute atomic E-state index is 14.1. The molecular formula is C17H10F2N4. The zero-order valence-electron chi connectivity index (χ0n) is 11.8. The van der Waals surface area contributed by atoms with Gasteiger partial charge in [-0.3, -0.25) is 0 Å². The van der Waals surface area contributed by atoms with E-state index >= 15 is 0 Å². The van der Waals surface area contributed by atoms with Gasteiger partial charge in [-0.05, 0) is 12.1 Å². The minimum absolute atomic E-state index is 0.00534. The lowest BCUT2D eigenvalue weighted by Crippen LogP contribution is -2.04. The maximum Gasteiger partial charge on any atom is 0.221 e. The first-order valence-corrected chi connectivity index (χ1v) is 6.68. The lowest BCUT2D eigenvalue weighted by atomic mass is 10.0. The summed E-state index contributed by atoms with van der Waals surface area (Å²) in [6.45, 7) is 0. The Morgan fingerprint density at radius 3 is 2.30 bits per heavy atom. The molecule has 0 bridgehead atoms. The van der Waals surface area contributed by atoms with Crippen molar-refractivity contribution in [3.8, 4) is 28.6 Å². The summed E-state index contributed by atoms with van der Waals surface area (Å²) < 4.78 is 27.2. The highest BCUT2D eigenvalue weighted by Gasteiger charge is 2.19. The fourth-order valence-electron chi connectivity index (χ4n) is 2.27. The van der Waals surface area contributed by atoms with Crippen LogP contribution in [0.2, 0.25) is 0 Å². The molecule has 6 heteroatoms. The number of hydrogen-bond acceptors (Lipinski definition) is 4. The zero-order valence-corrected chi connectivity index (χ0v) is 11.8. The molecule has 0 saturated heterocycles. The van der Waals surface area contributed by atoms with E-state index in [9.17, 15) is 14.0 Å². The smallest absolute Gasteiger partial charge is 0.221 e. The Kier molecular flexibility index (Phi) is 3.69. The van der Waals surface area contributed by atoms with Gasteiger partial charge in [0.15, 0.2) is 0 Å². The topological polar surface area (TPSA) is 75.6 Å². The Bertz CT molecular complexity index is 918. The molecular weight excluding hydrogens is 298 g/mol. The Labute approximate surface area is 130 Å². The number of hydrogen-bond donors (Lipinski definition) is 1. The first-order chi connectivity index (χ1) is 11.1. The van der Waals surface area contributed by atoms with Crippen molar-refractivity contribution < 1.29 is 8.78 Å². The largest absolute Gasteiger partial charge is 0.368 e. The van der Waals surface area contributed by atoms with Gasteiger partial charge in [-0.1, -0.05) is 30.3 Å². The van der Waals surface area contributed by atoms with Crippen LogP contribution >= 0.6 is 0 Å². The van der Waals surface area contributed by atoms with Gasteiger partial charge in [-0.15, -0.1) is 0 Å². The fraction of sp³-hybridized carbons (Fsp3) is 0. The predicted molar refractivity (Wildman–Crippen MR) is 81.9 cm³/mol. The van der Waals surface area contributed by atoms with E-state index in [1.165, 1.54) is 6.07 Å². The van der Waals surface area contributed by atoms with Gasteiger partial charge in [0.1, 0.15) is 23.3 Å². The van der Waals surface area contributed by atoms with Gasteiger partial charge < -0.3 is 5.73 Å². The van der Waals surface area contributed by atoms with Gasteiger partial charge in [0.25, 0.3) is 0 Å². The normalized spacial score (nSPS) is 10.3. The van der Waals surface area contributed by atoms with Crippen molar-refractivity contribution in [3.63, 3.8) is 0 Å². The molecule has 2 N–H and O–H groups in total. The first kappa shape index (κ1) is 14.6. The van der Waals surface area contributed by atoms with Gasteiger partial charge in [0, 0.05) is 17.2 Å². The van der Waals surface area contributed by atoms with E-state index in [1.54, 1.807) is 24.3 Å². The molecule has 4 nitrogen and oxygen atoms in total. The lowest BCUT2D eigenvalue weighted by molar-refractivity contribution is 0.585. The average Bonchev–Trinajstić information content (AvgIpc) is 2.55. The fourth-order valence-corrected chi connectivity index (χ4v) is 2.27. The zero-order chi connectivity index (χ0) is 16.4. The number of anilines is 1. The number of nitriles is 1. The number of nitrogens with zero attached hydrogens (tertiary/aromatic N) is 3. The molecule has 2 aromatic carbocycles. The summed E-state index contributed by atoms with van der Waals surface area (Å²) in [6, 6.07) is 13.9. The molecule has 0 unspecified atom stereocenters. The van der Waals surface area contributed by atoms with Crippen LogP contribution in [0, 0.1) is 23.0 Å². The van der Waals surface area contributed by atoms with Crippen molar-refractivity contribution in [2.24, 2.45) is 0 Å². The standard InChI is InChI=1S/C17H10F2N4/c18-11-6-7-12(14(19)8-11)16-13(9-20)15(22-17(21)23-16)10-4-2-1-3-5-10/h1-8H,(H2,21,22,23). The van der Waals surface area contributed by atoms with E-state index < -0.39 is 11.6 Å². The highest BCUT2D eigenvalue weighted by atomic mass is 19.1. The molecule has 3 rings (SSSR count). The number of halogens is 2. The minimum Gasteiger partial charge on any atom is -0.368 e. The summed E-state index contributed by atoms with van der Waals surface area (Å²) in [4.78, 5) is 8.07. The molecule has 0 aliphatic carbocycles. The molecule has 0 spiro atoms. The Morgan fingerprint density at radius 2 is 1.65 bits per heavy atom. The molecule has 1 heterocycles. The van der Waals surface area contributed by atoms with Crippen LogP contribution in [0.3, 0.4) is 0 Å². The summed E-state index contributed by atoms with van der Waals surface area (Å²) in [5.41, 5.74) is 6.78. The number of rotatable bonds is 2. The predicted octanol–water partition coefficient (Wildman–Crippen LogP) is 3.54. The molecule has 112 valence electrons. The molecule has 23 heavy (non-hydrogen) atoms. The molecule has 0 amide bonds. The van der Waals surface area contributed by atoms with Gasteiger partial charge >= 0.3 is 0 Å². The van der Waals surface area contributed by atoms with Crippen LogP contribution in [-0.4, -0.2) is 9.97 Å². The third-order valence-corrected chi connectivity index (χ3v) is 3.27. The van der Waals surface area contributed by atoms with Crippen LogP contribution in [0.1, 0.15) is 5.56 Å². The number of benzene rings is 2. The highest BCUT2D eigenvalue weighted by molar-refractivity contribution is 5.78. The summed E-state index contributed by atoms with van der Waals surface area (Å²) in [5, 5.41) is 9.49. The summed E-state index contributed by atoms with van der Waals surface area (Å²) >= 11 is 0. The molecule has 0 saturated carbocycles. The third-order valence-electron chi connectivity index (χ3n) is 3.27. The second-order valence-electron chi connectivity index (χ2n) is 4.76. The molecule has 0 fully saturated rings. The van der Waals surface area contributed by atoms with Gasteiger partial charge in [0.05, 0.1) is 11.4 Å². The van der Waals surface area contributed by atoms with Crippen molar-refractivity contribution >= 4 is 5.95 Å². The van der Waals surface area contributed by atoms with Gasteiger partial charge in [-0.2, -0.15) is 5.26 Å². The van der Waals surface area contributed by atoms with Crippen molar-refractivity contribution in [2.75, 3.05) is 5.73 Å². The Balaban J connectivity index is 2.30. The van der Waals surface area contributed by atoms with Crippen molar-refractivity contribution in [1.29, 1.82) is 5.26 Å². The SMILES string of the molecule is N#Cc1c(-c2ccccc2)nc(N)nc1-c1ccc(F)cc1F. The van der Waals surface area contributed by atoms with E-state index in [4.69, 9.17) is 5.73 Å². The van der Waals surface area contributed by atoms with Crippen LogP contribution in [-0.2, 0) is 0 Å². The monoisotopic (exact) mass is 308 g/mol. The van der Waals surface area contributed by atoms with Crippen LogP contribution in [0.25, 0.3) is 22.5 Å². The van der Waals surface area contributed by atoms with Crippen LogP contribution in [0.15, 0.2) is 48.5 Å². The lowest BCUT2D eigenvalue weighted by Gasteiger charge is -2.10. The maximum atomic E-state index is 14.1.